The van der Waals surface area contributed by atoms with Gasteiger partial charge in [0.1, 0.15) is 5.76 Å². The zero-order valence-corrected chi connectivity index (χ0v) is 15.9. The van der Waals surface area contributed by atoms with Gasteiger partial charge in [-0.2, -0.15) is 0 Å². The van der Waals surface area contributed by atoms with Crippen LogP contribution in [0.5, 0.6) is 0 Å². The maximum absolute atomic E-state index is 13.1. The molecule has 1 unspecified atom stereocenters. The first kappa shape index (κ1) is 18.0. The molecule has 1 aromatic heterocycles. The van der Waals surface area contributed by atoms with Crippen molar-refractivity contribution in [3.8, 4) is 0 Å². The quantitative estimate of drug-likeness (QED) is 0.774. The number of carbonyl (C=O) groups excluding carboxylic acids is 1. The summed E-state index contributed by atoms with van der Waals surface area (Å²) in [5.41, 5.74) is 1.27. The van der Waals surface area contributed by atoms with E-state index in [-0.39, 0.29) is 17.6 Å². The highest BCUT2D eigenvalue weighted by Gasteiger charge is 2.34. The number of morpholine rings is 1. The van der Waals surface area contributed by atoms with Crippen LogP contribution in [-0.2, 0) is 10.5 Å². The summed E-state index contributed by atoms with van der Waals surface area (Å²) in [6.07, 6.45) is 0.0321. The van der Waals surface area contributed by atoms with E-state index in [2.05, 4.69) is 5.16 Å². The van der Waals surface area contributed by atoms with Crippen molar-refractivity contribution in [1.29, 1.82) is 0 Å². The average molecular weight is 360 g/mol. The summed E-state index contributed by atoms with van der Waals surface area (Å²) in [5.74, 6) is 1.52. The van der Waals surface area contributed by atoms with Gasteiger partial charge < -0.3 is 14.2 Å². The lowest BCUT2D eigenvalue weighted by Gasteiger charge is -2.41. The average Bonchev–Trinajstić information content (AvgIpc) is 2.96. The van der Waals surface area contributed by atoms with Crippen molar-refractivity contribution in [1.82, 2.24) is 10.1 Å². The van der Waals surface area contributed by atoms with Gasteiger partial charge >= 0.3 is 0 Å². The third kappa shape index (κ3) is 4.44. The number of carbonyl (C=O) groups is 1. The molecule has 0 aliphatic carbocycles. The highest BCUT2D eigenvalue weighted by Crippen LogP contribution is 2.29. The Morgan fingerprint density at radius 3 is 2.84 bits per heavy atom. The molecule has 0 N–H and O–H groups in total. The molecule has 134 valence electrons. The molecule has 25 heavy (non-hydrogen) atoms. The standard InChI is InChI=1S/C19H24N2O3S/c1-13-9-15(24-20-13)11-25-17-8-6-5-7-16(17)18(22)21-10-14(2)23-19(3,4)12-21/h5-9,14H,10-12H2,1-4H3. The molecule has 5 nitrogen and oxygen atoms in total. The van der Waals surface area contributed by atoms with Crippen LogP contribution >= 0.6 is 11.8 Å². The van der Waals surface area contributed by atoms with E-state index < -0.39 is 0 Å². The Bertz CT molecular complexity index is 757. The zero-order chi connectivity index (χ0) is 18.0. The fourth-order valence-corrected chi connectivity index (χ4v) is 4.10. The first-order valence-corrected chi connectivity index (χ1v) is 9.44. The highest BCUT2D eigenvalue weighted by molar-refractivity contribution is 7.98. The topological polar surface area (TPSA) is 55.6 Å². The lowest BCUT2D eigenvalue weighted by molar-refractivity contribution is -0.118. The summed E-state index contributed by atoms with van der Waals surface area (Å²) < 4.78 is 11.2. The molecule has 0 saturated carbocycles. The summed E-state index contributed by atoms with van der Waals surface area (Å²) in [5, 5.41) is 3.91. The van der Waals surface area contributed by atoms with Gasteiger partial charge in [-0.25, -0.2) is 0 Å². The molecule has 1 amide bonds. The van der Waals surface area contributed by atoms with E-state index in [1.165, 1.54) is 0 Å². The lowest BCUT2D eigenvalue weighted by atomic mass is 10.0. The van der Waals surface area contributed by atoms with Crippen LogP contribution in [0.15, 0.2) is 39.8 Å². The smallest absolute Gasteiger partial charge is 0.255 e. The van der Waals surface area contributed by atoms with Gasteiger partial charge in [-0.3, -0.25) is 4.79 Å². The van der Waals surface area contributed by atoms with Gasteiger partial charge in [0.25, 0.3) is 5.91 Å². The van der Waals surface area contributed by atoms with Crippen LogP contribution in [0.4, 0.5) is 0 Å². The molecule has 2 aromatic rings. The molecule has 0 bridgehead atoms. The Hall–Kier alpha value is -1.79. The number of hydrogen-bond acceptors (Lipinski definition) is 5. The van der Waals surface area contributed by atoms with Crippen LogP contribution in [0.25, 0.3) is 0 Å². The van der Waals surface area contributed by atoms with Crippen LogP contribution < -0.4 is 0 Å². The van der Waals surface area contributed by atoms with E-state index in [1.54, 1.807) is 11.8 Å². The van der Waals surface area contributed by atoms with Gasteiger partial charge in [-0.1, -0.05) is 17.3 Å². The second-order valence-corrected chi connectivity index (χ2v) is 8.11. The number of ether oxygens (including phenoxy) is 1. The van der Waals surface area contributed by atoms with Gasteiger partial charge in [0.15, 0.2) is 0 Å². The molecule has 0 spiro atoms. The third-order valence-corrected chi connectivity index (χ3v) is 5.12. The normalized spacial score (nSPS) is 19.8. The second-order valence-electron chi connectivity index (χ2n) is 7.09. The van der Waals surface area contributed by atoms with E-state index in [9.17, 15) is 4.79 Å². The largest absolute Gasteiger partial charge is 0.369 e. The molecule has 2 heterocycles. The Morgan fingerprint density at radius 1 is 1.40 bits per heavy atom. The van der Waals surface area contributed by atoms with Crippen molar-refractivity contribution in [3.05, 3.63) is 47.3 Å². The number of amides is 1. The molecule has 1 aliphatic rings. The minimum atomic E-state index is -0.327. The fraction of sp³-hybridized carbons (Fsp3) is 0.474. The Morgan fingerprint density at radius 2 is 2.16 bits per heavy atom. The molecular weight excluding hydrogens is 336 g/mol. The number of aromatic nitrogens is 1. The van der Waals surface area contributed by atoms with E-state index in [0.717, 1.165) is 21.9 Å². The molecule has 1 atom stereocenters. The maximum atomic E-state index is 13.1. The minimum absolute atomic E-state index is 0.0321. The highest BCUT2D eigenvalue weighted by atomic mass is 32.2. The Kier molecular flexibility index (Phi) is 5.20. The van der Waals surface area contributed by atoms with E-state index in [0.29, 0.717) is 18.8 Å². The lowest BCUT2D eigenvalue weighted by Crippen LogP contribution is -2.53. The molecule has 1 aromatic carbocycles. The molecule has 1 saturated heterocycles. The molecule has 3 rings (SSSR count). The molecule has 1 fully saturated rings. The predicted octanol–water partition coefficient (Wildman–Crippen LogP) is 3.91. The molecule has 1 aliphatic heterocycles. The van der Waals surface area contributed by atoms with Crippen LogP contribution in [0.1, 0.15) is 42.6 Å². The number of nitrogens with zero attached hydrogens (tertiary/aromatic N) is 2. The molecular formula is C19H24N2O3S. The van der Waals surface area contributed by atoms with Gasteiger partial charge in [0.2, 0.25) is 0 Å². The van der Waals surface area contributed by atoms with E-state index >= 15 is 0 Å². The third-order valence-electron chi connectivity index (χ3n) is 4.02. The molecule has 0 radical (unpaired) electrons. The number of hydrogen-bond donors (Lipinski definition) is 0. The summed E-state index contributed by atoms with van der Waals surface area (Å²) in [4.78, 5) is 15.9. The maximum Gasteiger partial charge on any atom is 0.255 e. The van der Waals surface area contributed by atoms with Gasteiger partial charge in [-0.05, 0) is 39.8 Å². The first-order chi connectivity index (χ1) is 11.8. The SMILES string of the molecule is Cc1cc(CSc2ccccc2C(=O)N2CC(C)OC(C)(C)C2)on1. The van der Waals surface area contributed by atoms with Crippen molar-refractivity contribution >= 4 is 17.7 Å². The van der Waals surface area contributed by atoms with Gasteiger partial charge in [-0.15, -0.1) is 11.8 Å². The first-order valence-electron chi connectivity index (χ1n) is 8.45. The van der Waals surface area contributed by atoms with Crippen LogP contribution in [0.3, 0.4) is 0 Å². The number of benzene rings is 1. The summed E-state index contributed by atoms with van der Waals surface area (Å²) in [6.45, 7) is 9.16. The van der Waals surface area contributed by atoms with Crippen LogP contribution in [0.2, 0.25) is 0 Å². The fourth-order valence-electron chi connectivity index (χ4n) is 3.18. The second kappa shape index (κ2) is 7.22. The van der Waals surface area contributed by atoms with Crippen LogP contribution in [-0.4, -0.2) is 40.8 Å². The van der Waals surface area contributed by atoms with E-state index in [1.807, 2.05) is 62.9 Å². The minimum Gasteiger partial charge on any atom is -0.369 e. The summed E-state index contributed by atoms with van der Waals surface area (Å²) in [7, 11) is 0. The summed E-state index contributed by atoms with van der Waals surface area (Å²) in [6, 6.07) is 9.66. The number of aryl methyl sites for hydroxylation is 1. The predicted molar refractivity (Wildman–Crippen MR) is 97.8 cm³/mol. The Balaban J connectivity index is 1.76. The van der Waals surface area contributed by atoms with Crippen molar-refractivity contribution < 1.29 is 14.1 Å². The monoisotopic (exact) mass is 360 g/mol. The van der Waals surface area contributed by atoms with Crippen molar-refractivity contribution in [2.24, 2.45) is 0 Å². The van der Waals surface area contributed by atoms with Crippen molar-refractivity contribution in [2.75, 3.05) is 13.1 Å². The van der Waals surface area contributed by atoms with Gasteiger partial charge in [0, 0.05) is 24.1 Å². The van der Waals surface area contributed by atoms with Crippen LogP contribution in [0, 0.1) is 6.92 Å². The van der Waals surface area contributed by atoms with E-state index in [4.69, 9.17) is 9.26 Å². The molecule has 6 heteroatoms. The summed E-state index contributed by atoms with van der Waals surface area (Å²) >= 11 is 1.59. The Labute approximate surface area is 152 Å². The zero-order valence-electron chi connectivity index (χ0n) is 15.1. The van der Waals surface area contributed by atoms with Crippen molar-refractivity contribution in [2.45, 2.75) is 50.0 Å². The van der Waals surface area contributed by atoms with Gasteiger partial charge in [0.05, 0.1) is 28.7 Å². The van der Waals surface area contributed by atoms with Crippen molar-refractivity contribution in [3.63, 3.8) is 0 Å². The number of rotatable bonds is 4. The number of thioether (sulfide) groups is 1.